The van der Waals surface area contributed by atoms with Gasteiger partial charge in [0.2, 0.25) is 10.0 Å². The van der Waals surface area contributed by atoms with Crippen molar-refractivity contribution in [3.05, 3.63) is 0 Å². The van der Waals surface area contributed by atoms with Crippen LogP contribution in [0, 0.1) is 17.2 Å². The van der Waals surface area contributed by atoms with Gasteiger partial charge in [0, 0.05) is 6.04 Å². The molecule has 0 bridgehead atoms. The highest BCUT2D eigenvalue weighted by molar-refractivity contribution is 7.90. The molecule has 74 valence electrons. The maximum atomic E-state index is 11.4. The maximum absolute atomic E-state index is 11.4. The van der Waals surface area contributed by atoms with Crippen LogP contribution >= 0.6 is 0 Å². The molecule has 2 atom stereocenters. The number of hydrogen-bond donors (Lipinski definition) is 1. The molecule has 0 aromatic rings. The van der Waals surface area contributed by atoms with E-state index in [1.54, 1.807) is 6.07 Å². The van der Waals surface area contributed by atoms with Gasteiger partial charge in [0.05, 0.1) is 6.07 Å². The zero-order valence-corrected chi connectivity index (χ0v) is 8.63. The van der Waals surface area contributed by atoms with E-state index in [-0.39, 0.29) is 6.04 Å². The molecular formula is C8H14N2O2S. The Kier molecular flexibility index (Phi) is 2.94. The topological polar surface area (TPSA) is 70.0 Å². The Labute approximate surface area is 79.0 Å². The Morgan fingerprint density at radius 1 is 1.46 bits per heavy atom. The summed E-state index contributed by atoms with van der Waals surface area (Å²) in [5.41, 5.74) is 0. The molecule has 0 aromatic carbocycles. The van der Waals surface area contributed by atoms with Gasteiger partial charge in [-0.1, -0.05) is 0 Å². The van der Waals surface area contributed by atoms with Crippen molar-refractivity contribution in [3.63, 3.8) is 0 Å². The van der Waals surface area contributed by atoms with Gasteiger partial charge in [-0.05, 0) is 32.6 Å². The lowest BCUT2D eigenvalue weighted by Gasteiger charge is -2.13. The molecule has 1 fully saturated rings. The van der Waals surface area contributed by atoms with Crippen LogP contribution in [0.4, 0.5) is 0 Å². The minimum Gasteiger partial charge on any atom is -0.211 e. The fourth-order valence-electron chi connectivity index (χ4n) is 1.12. The lowest BCUT2D eigenvalue weighted by Crippen LogP contribution is -2.39. The van der Waals surface area contributed by atoms with E-state index in [0.717, 1.165) is 12.8 Å². The SMILES string of the molecule is CC(NS(=O)(=O)C(C)C#N)C1CC1. The van der Waals surface area contributed by atoms with E-state index in [0.29, 0.717) is 5.92 Å². The first-order valence-corrected chi connectivity index (χ1v) is 5.92. The number of rotatable bonds is 4. The second-order valence-corrected chi connectivity index (χ2v) is 5.59. The van der Waals surface area contributed by atoms with Crippen LogP contribution in [0.2, 0.25) is 0 Å². The molecule has 1 aliphatic carbocycles. The van der Waals surface area contributed by atoms with Crippen molar-refractivity contribution in [3.8, 4) is 6.07 Å². The Balaban J connectivity index is 2.56. The van der Waals surface area contributed by atoms with Crippen molar-refractivity contribution in [2.45, 2.75) is 38.0 Å². The summed E-state index contributed by atoms with van der Waals surface area (Å²) < 4.78 is 25.3. The first-order chi connectivity index (χ1) is 5.97. The second kappa shape index (κ2) is 3.64. The second-order valence-electron chi connectivity index (χ2n) is 3.56. The maximum Gasteiger partial charge on any atom is 0.227 e. The molecule has 0 aliphatic heterocycles. The van der Waals surface area contributed by atoms with Crippen molar-refractivity contribution in [2.75, 3.05) is 0 Å². The molecule has 1 aliphatic rings. The highest BCUT2D eigenvalue weighted by Gasteiger charge is 2.32. The van der Waals surface area contributed by atoms with Crippen LogP contribution in [0.5, 0.6) is 0 Å². The highest BCUT2D eigenvalue weighted by Crippen LogP contribution is 2.32. The first kappa shape index (κ1) is 10.5. The van der Waals surface area contributed by atoms with Crippen molar-refractivity contribution < 1.29 is 8.42 Å². The summed E-state index contributed by atoms with van der Waals surface area (Å²) in [7, 11) is -3.43. The van der Waals surface area contributed by atoms with Crippen LogP contribution in [0.15, 0.2) is 0 Å². The van der Waals surface area contributed by atoms with Gasteiger partial charge in [-0.2, -0.15) is 5.26 Å². The van der Waals surface area contributed by atoms with Gasteiger partial charge < -0.3 is 0 Å². The molecule has 4 nitrogen and oxygen atoms in total. The van der Waals surface area contributed by atoms with Crippen LogP contribution < -0.4 is 4.72 Å². The predicted octanol–water partition coefficient (Wildman–Crippen LogP) is 0.616. The summed E-state index contributed by atoms with van der Waals surface area (Å²) >= 11 is 0. The number of hydrogen-bond acceptors (Lipinski definition) is 3. The van der Waals surface area contributed by atoms with Crippen LogP contribution in [0.25, 0.3) is 0 Å². The van der Waals surface area contributed by atoms with Crippen molar-refractivity contribution >= 4 is 10.0 Å². The molecule has 0 heterocycles. The summed E-state index contributed by atoms with van der Waals surface area (Å²) in [6, 6.07) is 1.69. The fourth-order valence-corrected chi connectivity index (χ4v) is 2.18. The van der Waals surface area contributed by atoms with Gasteiger partial charge in [0.15, 0.2) is 5.25 Å². The monoisotopic (exact) mass is 202 g/mol. The lowest BCUT2D eigenvalue weighted by molar-refractivity contribution is 0.535. The summed E-state index contributed by atoms with van der Waals surface area (Å²) in [4.78, 5) is 0. The van der Waals surface area contributed by atoms with Gasteiger partial charge in [-0.25, -0.2) is 13.1 Å². The van der Waals surface area contributed by atoms with E-state index in [1.807, 2.05) is 6.92 Å². The predicted molar refractivity (Wildman–Crippen MR) is 49.3 cm³/mol. The summed E-state index contributed by atoms with van der Waals surface area (Å²) in [5, 5.41) is 7.50. The molecule has 0 amide bonds. The van der Waals surface area contributed by atoms with Crippen molar-refractivity contribution in [2.24, 2.45) is 5.92 Å². The van der Waals surface area contributed by atoms with Crippen LogP contribution in [-0.2, 0) is 10.0 Å². The third-order valence-corrected chi connectivity index (χ3v) is 4.06. The zero-order valence-electron chi connectivity index (χ0n) is 7.82. The van der Waals surface area contributed by atoms with Crippen LogP contribution in [0.1, 0.15) is 26.7 Å². The molecule has 0 aromatic heterocycles. The van der Waals surface area contributed by atoms with Crippen molar-refractivity contribution in [1.82, 2.24) is 4.72 Å². The van der Waals surface area contributed by atoms with Crippen LogP contribution in [-0.4, -0.2) is 19.7 Å². The third-order valence-electron chi connectivity index (χ3n) is 2.33. The normalized spacial score (nSPS) is 21.9. The Morgan fingerprint density at radius 2 is 2.00 bits per heavy atom. The number of nitrogens with one attached hydrogen (secondary N) is 1. The molecule has 5 heteroatoms. The van der Waals surface area contributed by atoms with E-state index in [9.17, 15) is 8.42 Å². The fraction of sp³-hybridized carbons (Fsp3) is 0.875. The minimum absolute atomic E-state index is 0.0270. The van der Waals surface area contributed by atoms with Gasteiger partial charge in [0.1, 0.15) is 0 Å². The Hall–Kier alpha value is -0.600. The molecule has 0 spiro atoms. The highest BCUT2D eigenvalue weighted by atomic mass is 32.2. The minimum atomic E-state index is -3.43. The Bertz CT molecular complexity index is 314. The average Bonchev–Trinajstić information content (AvgIpc) is 2.84. The zero-order chi connectivity index (χ0) is 10.1. The molecular weight excluding hydrogens is 188 g/mol. The van der Waals surface area contributed by atoms with E-state index in [2.05, 4.69) is 4.72 Å². The van der Waals surface area contributed by atoms with E-state index < -0.39 is 15.3 Å². The first-order valence-electron chi connectivity index (χ1n) is 4.38. The molecule has 2 unspecified atom stereocenters. The molecule has 0 radical (unpaired) electrons. The smallest absolute Gasteiger partial charge is 0.211 e. The quantitative estimate of drug-likeness (QED) is 0.726. The summed E-state index contributed by atoms with van der Waals surface area (Å²) in [6.07, 6.45) is 2.18. The number of sulfonamides is 1. The van der Waals surface area contributed by atoms with E-state index in [4.69, 9.17) is 5.26 Å². The largest absolute Gasteiger partial charge is 0.227 e. The molecule has 1 N–H and O–H groups in total. The van der Waals surface area contributed by atoms with Gasteiger partial charge in [-0.3, -0.25) is 0 Å². The standard InChI is InChI=1S/C8H14N2O2S/c1-6(5-9)13(11,12)10-7(2)8-3-4-8/h6-8,10H,3-4H2,1-2H3. The summed E-state index contributed by atoms with van der Waals surface area (Å²) in [5.74, 6) is 0.473. The number of nitriles is 1. The molecule has 1 saturated carbocycles. The average molecular weight is 202 g/mol. The number of nitrogens with zero attached hydrogens (tertiary/aromatic N) is 1. The lowest BCUT2D eigenvalue weighted by atomic mass is 10.2. The van der Waals surface area contributed by atoms with E-state index in [1.165, 1.54) is 6.92 Å². The molecule has 0 saturated heterocycles. The molecule has 1 rings (SSSR count). The van der Waals surface area contributed by atoms with Gasteiger partial charge in [-0.15, -0.1) is 0 Å². The van der Waals surface area contributed by atoms with Gasteiger partial charge in [0.25, 0.3) is 0 Å². The van der Waals surface area contributed by atoms with Crippen molar-refractivity contribution in [1.29, 1.82) is 5.26 Å². The van der Waals surface area contributed by atoms with E-state index >= 15 is 0 Å². The summed E-state index contributed by atoms with van der Waals surface area (Å²) in [6.45, 7) is 3.24. The van der Waals surface area contributed by atoms with Gasteiger partial charge >= 0.3 is 0 Å². The third kappa shape index (κ3) is 2.68. The molecule has 13 heavy (non-hydrogen) atoms. The van der Waals surface area contributed by atoms with Crippen LogP contribution in [0.3, 0.4) is 0 Å². The Morgan fingerprint density at radius 3 is 2.38 bits per heavy atom.